The number of carbonyl (C=O) groups excluding carboxylic acids is 1. The summed E-state index contributed by atoms with van der Waals surface area (Å²) in [6, 6.07) is 7.89. The molecule has 20 heavy (non-hydrogen) atoms. The second-order valence-electron chi connectivity index (χ2n) is 5.36. The molecule has 1 heterocycles. The van der Waals surface area contributed by atoms with E-state index in [-0.39, 0.29) is 5.91 Å². The minimum absolute atomic E-state index is 0.0262. The highest BCUT2D eigenvalue weighted by Crippen LogP contribution is 2.33. The van der Waals surface area contributed by atoms with Gasteiger partial charge in [0.25, 0.3) is 5.91 Å². The average Bonchev–Trinajstić information content (AvgIpc) is 2.84. The van der Waals surface area contributed by atoms with Crippen molar-refractivity contribution < 1.29 is 4.79 Å². The van der Waals surface area contributed by atoms with E-state index in [0.29, 0.717) is 0 Å². The van der Waals surface area contributed by atoms with Crippen molar-refractivity contribution in [3.8, 4) is 0 Å². The zero-order valence-electron chi connectivity index (χ0n) is 11.3. The fraction of sp³-hybridized carbons (Fsp3) is 0.312. The monoisotopic (exact) mass is 397 g/mol. The van der Waals surface area contributed by atoms with Crippen molar-refractivity contribution in [2.45, 2.75) is 26.2 Å². The summed E-state index contributed by atoms with van der Waals surface area (Å²) in [4.78, 5) is 13.8. The summed E-state index contributed by atoms with van der Waals surface area (Å²) in [5.74, 6) is 0.770. The third-order valence-corrected chi connectivity index (χ3v) is 5.52. The molecule has 0 aliphatic heterocycles. The fourth-order valence-corrected chi connectivity index (χ4v) is 4.20. The predicted octanol–water partition coefficient (Wildman–Crippen LogP) is 4.73. The molecule has 0 saturated carbocycles. The Morgan fingerprint density at radius 2 is 2.10 bits per heavy atom. The highest BCUT2D eigenvalue weighted by Gasteiger charge is 2.23. The Hall–Kier alpha value is -0.880. The molecule has 0 bridgehead atoms. The van der Waals surface area contributed by atoms with Gasteiger partial charge >= 0.3 is 0 Å². The molecular formula is C16H16INOS. The van der Waals surface area contributed by atoms with Gasteiger partial charge in [0.2, 0.25) is 0 Å². The van der Waals surface area contributed by atoms with Crippen molar-refractivity contribution in [3.05, 3.63) is 49.2 Å². The number of hydrogen-bond donors (Lipinski definition) is 1. The molecule has 1 amide bonds. The number of halogens is 1. The van der Waals surface area contributed by atoms with E-state index < -0.39 is 0 Å². The lowest BCUT2D eigenvalue weighted by atomic mass is 9.88. The van der Waals surface area contributed by atoms with E-state index >= 15 is 0 Å². The van der Waals surface area contributed by atoms with E-state index in [9.17, 15) is 4.79 Å². The highest BCUT2D eigenvalue weighted by molar-refractivity contribution is 14.1. The molecule has 2 nitrogen and oxygen atoms in total. The van der Waals surface area contributed by atoms with Gasteiger partial charge in [-0.3, -0.25) is 4.79 Å². The Morgan fingerprint density at radius 3 is 2.85 bits per heavy atom. The molecule has 1 aliphatic rings. The van der Waals surface area contributed by atoms with Crippen LogP contribution in [0.25, 0.3) is 0 Å². The van der Waals surface area contributed by atoms with E-state index in [1.807, 2.05) is 29.6 Å². The lowest BCUT2D eigenvalue weighted by Crippen LogP contribution is -2.16. The average molecular weight is 397 g/mol. The molecule has 0 fully saturated rings. The molecule has 4 heteroatoms. The molecular weight excluding hydrogens is 381 g/mol. The maximum absolute atomic E-state index is 12.4. The van der Waals surface area contributed by atoms with Gasteiger partial charge in [0.1, 0.15) is 0 Å². The van der Waals surface area contributed by atoms with E-state index in [2.05, 4.69) is 34.8 Å². The molecule has 1 N–H and O–H groups in total. The molecule has 3 rings (SSSR count). The van der Waals surface area contributed by atoms with E-state index in [1.165, 1.54) is 20.4 Å². The zero-order valence-corrected chi connectivity index (χ0v) is 14.3. The Balaban J connectivity index is 1.79. The summed E-state index contributed by atoms with van der Waals surface area (Å²) >= 11 is 3.99. The number of carbonyl (C=O) groups is 1. The Morgan fingerprint density at radius 1 is 1.35 bits per heavy atom. The third-order valence-electron chi connectivity index (χ3n) is 3.75. The number of benzene rings is 1. The largest absolute Gasteiger partial charge is 0.322 e. The molecule has 0 saturated heterocycles. The number of nitrogens with one attached hydrogen (secondary N) is 1. The smallest absolute Gasteiger partial charge is 0.256 e. The Bertz CT molecular complexity index is 632. The number of thiophene rings is 1. The minimum Gasteiger partial charge on any atom is -0.322 e. The topological polar surface area (TPSA) is 29.1 Å². The van der Waals surface area contributed by atoms with Gasteiger partial charge in [-0.05, 0) is 77.6 Å². The molecule has 1 unspecified atom stereocenters. The van der Waals surface area contributed by atoms with Crippen LogP contribution < -0.4 is 5.32 Å². The van der Waals surface area contributed by atoms with Crippen molar-refractivity contribution in [3.63, 3.8) is 0 Å². The van der Waals surface area contributed by atoms with Gasteiger partial charge in [-0.1, -0.05) is 6.92 Å². The van der Waals surface area contributed by atoms with E-state index in [0.717, 1.165) is 30.0 Å². The van der Waals surface area contributed by atoms with Gasteiger partial charge in [0.15, 0.2) is 0 Å². The summed E-state index contributed by atoms with van der Waals surface area (Å²) in [6.07, 6.45) is 3.35. The summed E-state index contributed by atoms with van der Waals surface area (Å²) < 4.78 is 1.17. The number of rotatable bonds is 2. The van der Waals surface area contributed by atoms with E-state index in [1.54, 1.807) is 11.3 Å². The number of anilines is 1. The van der Waals surface area contributed by atoms with Crippen molar-refractivity contribution in [1.29, 1.82) is 0 Å². The molecule has 2 aromatic rings. The quantitative estimate of drug-likeness (QED) is 0.730. The van der Waals surface area contributed by atoms with Crippen LogP contribution in [0.3, 0.4) is 0 Å². The first-order valence-corrected chi connectivity index (χ1v) is 8.75. The standard InChI is InChI=1S/C16H16INOS/c1-10-2-7-13-14(9-20-15(13)8-10)16(19)18-12-5-3-11(17)4-6-12/h3-6,9-10H,2,7-8H2,1H3,(H,18,19). The second kappa shape index (κ2) is 5.85. The maximum atomic E-state index is 12.4. The van der Waals surface area contributed by atoms with E-state index in [4.69, 9.17) is 0 Å². The van der Waals surface area contributed by atoms with Crippen LogP contribution in [0.5, 0.6) is 0 Å². The van der Waals surface area contributed by atoms with Crippen LogP contribution in [0.4, 0.5) is 5.69 Å². The molecule has 0 radical (unpaired) electrons. The van der Waals surface area contributed by atoms with Crippen molar-refractivity contribution >= 4 is 45.5 Å². The first kappa shape index (κ1) is 14.1. The molecule has 1 aliphatic carbocycles. The zero-order chi connectivity index (χ0) is 14.1. The highest BCUT2D eigenvalue weighted by atomic mass is 127. The molecule has 104 valence electrons. The van der Waals surface area contributed by atoms with Crippen LogP contribution in [0.1, 0.15) is 34.1 Å². The molecule has 0 spiro atoms. The Labute approximate surface area is 136 Å². The SMILES string of the molecule is CC1CCc2c(C(=O)Nc3ccc(I)cc3)csc2C1. The maximum Gasteiger partial charge on any atom is 0.256 e. The Kier molecular flexibility index (Phi) is 4.12. The fourth-order valence-electron chi connectivity index (χ4n) is 2.60. The predicted molar refractivity (Wildman–Crippen MR) is 92.6 cm³/mol. The molecule has 1 aromatic heterocycles. The van der Waals surface area contributed by atoms with Crippen LogP contribution >= 0.6 is 33.9 Å². The lowest BCUT2D eigenvalue weighted by molar-refractivity contribution is 0.102. The first-order valence-electron chi connectivity index (χ1n) is 6.79. The van der Waals surface area contributed by atoms with Crippen molar-refractivity contribution in [2.75, 3.05) is 5.32 Å². The van der Waals surface area contributed by atoms with Gasteiger partial charge < -0.3 is 5.32 Å². The van der Waals surface area contributed by atoms with Gasteiger partial charge in [-0.2, -0.15) is 0 Å². The van der Waals surface area contributed by atoms with Gasteiger partial charge in [0, 0.05) is 19.5 Å². The number of amides is 1. The van der Waals surface area contributed by atoms with Crippen LogP contribution in [0.15, 0.2) is 29.6 Å². The molecule has 1 aromatic carbocycles. The van der Waals surface area contributed by atoms with Crippen molar-refractivity contribution in [2.24, 2.45) is 5.92 Å². The summed E-state index contributed by atoms with van der Waals surface area (Å²) in [6.45, 7) is 2.29. The van der Waals surface area contributed by atoms with Gasteiger partial charge in [-0.15, -0.1) is 11.3 Å². The number of fused-ring (bicyclic) bond motifs is 1. The van der Waals surface area contributed by atoms with Crippen LogP contribution in [-0.2, 0) is 12.8 Å². The summed E-state index contributed by atoms with van der Waals surface area (Å²) in [7, 11) is 0. The molecule has 1 atom stereocenters. The van der Waals surface area contributed by atoms with Crippen LogP contribution in [-0.4, -0.2) is 5.91 Å². The first-order chi connectivity index (χ1) is 9.63. The van der Waals surface area contributed by atoms with Gasteiger partial charge in [-0.25, -0.2) is 0 Å². The number of hydrogen-bond acceptors (Lipinski definition) is 2. The summed E-state index contributed by atoms with van der Waals surface area (Å²) in [5.41, 5.74) is 3.01. The normalized spacial score (nSPS) is 17.6. The van der Waals surface area contributed by atoms with Crippen LogP contribution in [0, 0.1) is 9.49 Å². The third kappa shape index (κ3) is 2.91. The summed E-state index contributed by atoms with van der Waals surface area (Å²) in [5, 5.41) is 5.02. The lowest BCUT2D eigenvalue weighted by Gasteiger charge is -2.18. The van der Waals surface area contributed by atoms with Crippen LogP contribution in [0.2, 0.25) is 0 Å². The van der Waals surface area contributed by atoms with Crippen molar-refractivity contribution in [1.82, 2.24) is 0 Å². The minimum atomic E-state index is 0.0262. The second-order valence-corrected chi connectivity index (χ2v) is 7.57. The van der Waals surface area contributed by atoms with Gasteiger partial charge in [0.05, 0.1) is 5.56 Å².